The summed E-state index contributed by atoms with van der Waals surface area (Å²) in [5.41, 5.74) is 2.92. The smallest absolute Gasteiger partial charge is 0.336 e. The Morgan fingerprint density at radius 2 is 1.76 bits per heavy atom. The minimum absolute atomic E-state index is 0.176. The predicted molar refractivity (Wildman–Crippen MR) is 132 cm³/mol. The molecule has 1 aromatic heterocycles. The summed E-state index contributed by atoms with van der Waals surface area (Å²) in [7, 11) is 3.27. The van der Waals surface area contributed by atoms with Gasteiger partial charge in [0, 0.05) is 27.1 Å². The van der Waals surface area contributed by atoms with Gasteiger partial charge >= 0.3 is 5.97 Å². The van der Waals surface area contributed by atoms with E-state index in [2.05, 4.69) is 20.8 Å². The lowest BCUT2D eigenvalue weighted by Gasteiger charge is -2.27. The number of rotatable bonds is 12. The van der Waals surface area contributed by atoms with Gasteiger partial charge in [0.1, 0.15) is 5.82 Å². The average molecular weight is 466 g/mol. The van der Waals surface area contributed by atoms with Crippen molar-refractivity contribution in [2.24, 2.45) is 0 Å². The fourth-order valence-electron chi connectivity index (χ4n) is 4.06. The van der Waals surface area contributed by atoms with Crippen LogP contribution in [0.2, 0.25) is 0 Å². The summed E-state index contributed by atoms with van der Waals surface area (Å²) >= 11 is 0. The SMILES string of the molecule is CCCCC(OC)(OC)c1nc(Cc2ccc(-c3ccccc3C(=O)O)cc2)n(C(C)CC)n1. The van der Waals surface area contributed by atoms with E-state index in [1.54, 1.807) is 26.4 Å². The van der Waals surface area contributed by atoms with Crippen molar-refractivity contribution >= 4 is 5.97 Å². The number of hydrogen-bond donors (Lipinski definition) is 1. The van der Waals surface area contributed by atoms with Gasteiger partial charge in [-0.2, -0.15) is 0 Å². The summed E-state index contributed by atoms with van der Waals surface area (Å²) in [6.07, 6.45) is 4.15. The molecule has 7 nitrogen and oxygen atoms in total. The number of carbonyl (C=O) groups is 1. The molecule has 7 heteroatoms. The lowest BCUT2D eigenvalue weighted by molar-refractivity contribution is -0.226. The Bertz CT molecular complexity index is 1090. The van der Waals surface area contributed by atoms with Crippen molar-refractivity contribution in [1.82, 2.24) is 14.8 Å². The van der Waals surface area contributed by atoms with Crippen LogP contribution in [0, 0.1) is 0 Å². The third-order valence-corrected chi connectivity index (χ3v) is 6.35. The number of carboxylic acids is 1. The fourth-order valence-corrected chi connectivity index (χ4v) is 4.06. The summed E-state index contributed by atoms with van der Waals surface area (Å²) < 4.78 is 13.6. The molecule has 3 aromatic rings. The highest BCUT2D eigenvalue weighted by Crippen LogP contribution is 2.31. The third kappa shape index (κ3) is 5.37. The van der Waals surface area contributed by atoms with E-state index in [1.165, 1.54) is 0 Å². The van der Waals surface area contributed by atoms with Crippen molar-refractivity contribution in [3.05, 3.63) is 71.3 Å². The normalized spacial score (nSPS) is 12.6. The van der Waals surface area contributed by atoms with Crippen molar-refractivity contribution in [2.45, 2.75) is 64.7 Å². The van der Waals surface area contributed by atoms with Crippen LogP contribution in [0.3, 0.4) is 0 Å². The first-order valence-corrected chi connectivity index (χ1v) is 11.9. The first-order chi connectivity index (χ1) is 16.4. The van der Waals surface area contributed by atoms with Crippen LogP contribution in [0.5, 0.6) is 0 Å². The molecule has 0 saturated carbocycles. The van der Waals surface area contributed by atoms with Gasteiger partial charge in [-0.05, 0) is 42.5 Å². The molecule has 2 aromatic carbocycles. The molecule has 182 valence electrons. The van der Waals surface area contributed by atoms with Gasteiger partial charge in [-0.3, -0.25) is 0 Å². The lowest BCUT2D eigenvalue weighted by Crippen LogP contribution is -2.32. The number of benzene rings is 2. The van der Waals surface area contributed by atoms with E-state index in [0.717, 1.165) is 36.2 Å². The molecule has 0 aliphatic rings. The highest BCUT2D eigenvalue weighted by Gasteiger charge is 2.37. The zero-order valence-electron chi connectivity index (χ0n) is 20.7. The Labute approximate surface area is 201 Å². The second kappa shape index (κ2) is 11.4. The van der Waals surface area contributed by atoms with E-state index in [0.29, 0.717) is 29.8 Å². The first kappa shape index (κ1) is 25.6. The highest BCUT2D eigenvalue weighted by atomic mass is 16.7. The minimum Gasteiger partial charge on any atom is -0.478 e. The van der Waals surface area contributed by atoms with Crippen LogP contribution in [0.4, 0.5) is 0 Å². The molecule has 0 amide bonds. The van der Waals surface area contributed by atoms with E-state index in [4.69, 9.17) is 19.6 Å². The zero-order valence-corrected chi connectivity index (χ0v) is 20.7. The summed E-state index contributed by atoms with van der Waals surface area (Å²) in [6.45, 7) is 6.38. The number of aromatic nitrogens is 3. The second-order valence-electron chi connectivity index (χ2n) is 8.54. The molecule has 0 radical (unpaired) electrons. The molecule has 1 unspecified atom stereocenters. The largest absolute Gasteiger partial charge is 0.478 e. The Balaban J connectivity index is 1.94. The molecule has 1 heterocycles. The minimum atomic E-state index is -0.964. The van der Waals surface area contributed by atoms with Crippen LogP contribution >= 0.6 is 0 Å². The van der Waals surface area contributed by atoms with Crippen LogP contribution in [0.1, 0.15) is 80.1 Å². The molecular weight excluding hydrogens is 430 g/mol. The molecular formula is C27H35N3O4. The van der Waals surface area contributed by atoms with Crippen LogP contribution in [0.15, 0.2) is 48.5 Å². The number of aromatic carboxylic acids is 1. The van der Waals surface area contributed by atoms with Crippen LogP contribution in [-0.2, 0) is 21.7 Å². The second-order valence-corrected chi connectivity index (χ2v) is 8.54. The number of carboxylic acid groups (broad SMARTS) is 1. The maximum Gasteiger partial charge on any atom is 0.336 e. The van der Waals surface area contributed by atoms with E-state index < -0.39 is 11.8 Å². The Kier molecular flexibility index (Phi) is 8.58. The molecule has 0 fully saturated rings. The van der Waals surface area contributed by atoms with Gasteiger partial charge < -0.3 is 14.6 Å². The predicted octanol–water partition coefficient (Wildman–Crippen LogP) is 5.84. The monoisotopic (exact) mass is 465 g/mol. The molecule has 0 spiro atoms. The summed E-state index contributed by atoms with van der Waals surface area (Å²) in [4.78, 5) is 16.5. The molecule has 1 atom stereocenters. The van der Waals surface area contributed by atoms with E-state index >= 15 is 0 Å². The molecule has 0 aliphatic heterocycles. The zero-order chi connectivity index (χ0) is 24.7. The van der Waals surface area contributed by atoms with Gasteiger partial charge in [-0.15, -0.1) is 5.10 Å². The molecule has 0 aliphatic carbocycles. The summed E-state index contributed by atoms with van der Waals surface area (Å²) in [5.74, 6) is -0.503. The maximum absolute atomic E-state index is 11.6. The van der Waals surface area contributed by atoms with Gasteiger partial charge in [0.2, 0.25) is 11.6 Å². The Morgan fingerprint density at radius 3 is 2.35 bits per heavy atom. The van der Waals surface area contributed by atoms with Gasteiger partial charge in [0.25, 0.3) is 0 Å². The van der Waals surface area contributed by atoms with Gasteiger partial charge in [0.15, 0.2) is 0 Å². The third-order valence-electron chi connectivity index (χ3n) is 6.35. The van der Waals surface area contributed by atoms with Crippen LogP contribution < -0.4 is 0 Å². The van der Waals surface area contributed by atoms with E-state index in [9.17, 15) is 9.90 Å². The van der Waals surface area contributed by atoms with Crippen molar-refractivity contribution < 1.29 is 19.4 Å². The van der Waals surface area contributed by atoms with Crippen molar-refractivity contribution in [3.63, 3.8) is 0 Å². The number of hydrogen-bond acceptors (Lipinski definition) is 5. The van der Waals surface area contributed by atoms with Crippen LogP contribution in [0.25, 0.3) is 11.1 Å². The van der Waals surface area contributed by atoms with E-state index in [1.807, 2.05) is 41.1 Å². The standard InChI is InChI=1S/C27H35N3O4/c1-6-8-17-27(33-4,34-5)26-28-24(30(29-26)19(3)7-2)18-20-13-15-21(16-14-20)22-11-9-10-12-23(22)25(31)32/h9-16,19H,6-8,17-18H2,1-5H3,(H,31,32). The summed E-state index contributed by atoms with van der Waals surface area (Å²) in [5, 5.41) is 14.3. The molecule has 34 heavy (non-hydrogen) atoms. The van der Waals surface area contributed by atoms with Gasteiger partial charge in [0.05, 0.1) is 11.6 Å². The fraction of sp³-hybridized carbons (Fsp3) is 0.444. The Hall–Kier alpha value is -3.03. The van der Waals surface area contributed by atoms with E-state index in [-0.39, 0.29) is 6.04 Å². The molecule has 0 bridgehead atoms. The summed E-state index contributed by atoms with van der Waals surface area (Å²) in [6, 6.07) is 15.2. The van der Waals surface area contributed by atoms with Crippen molar-refractivity contribution in [1.29, 1.82) is 0 Å². The number of unbranched alkanes of at least 4 members (excludes halogenated alkanes) is 1. The molecule has 1 N–H and O–H groups in total. The number of nitrogens with zero attached hydrogens (tertiary/aromatic N) is 3. The Morgan fingerprint density at radius 1 is 1.09 bits per heavy atom. The first-order valence-electron chi connectivity index (χ1n) is 11.9. The average Bonchev–Trinajstić information content (AvgIpc) is 3.29. The topological polar surface area (TPSA) is 86.5 Å². The van der Waals surface area contributed by atoms with Crippen LogP contribution in [-0.4, -0.2) is 40.1 Å². The number of ether oxygens (including phenoxy) is 2. The highest BCUT2D eigenvalue weighted by molar-refractivity contribution is 5.95. The number of methoxy groups -OCH3 is 2. The van der Waals surface area contributed by atoms with Gasteiger partial charge in [-0.1, -0.05) is 62.7 Å². The lowest BCUT2D eigenvalue weighted by atomic mass is 9.98. The quantitative estimate of drug-likeness (QED) is 0.338. The molecule has 0 saturated heterocycles. The van der Waals surface area contributed by atoms with Crippen molar-refractivity contribution in [2.75, 3.05) is 14.2 Å². The molecule has 3 rings (SSSR count). The maximum atomic E-state index is 11.6. The van der Waals surface area contributed by atoms with Crippen molar-refractivity contribution in [3.8, 4) is 11.1 Å². The van der Waals surface area contributed by atoms with Gasteiger partial charge in [-0.25, -0.2) is 14.5 Å².